The van der Waals surface area contributed by atoms with Gasteiger partial charge in [0.1, 0.15) is 17.1 Å². The van der Waals surface area contributed by atoms with Crippen molar-refractivity contribution in [3.8, 4) is 23.0 Å². The molecule has 0 heterocycles. The lowest BCUT2D eigenvalue weighted by molar-refractivity contribution is 0.0446. The van der Waals surface area contributed by atoms with E-state index in [1.165, 1.54) is 28.4 Å². The summed E-state index contributed by atoms with van der Waals surface area (Å²) < 4.78 is 44.1. The quantitative estimate of drug-likeness (QED) is 0.142. The SMILES string of the molecule is COCOc1cc(COCc2ccccc2)c(C(=O)c2c(OCOC)c(Cl)c(C)c(Cl)c2OCOC)c(OC)c1. The summed E-state index contributed by atoms with van der Waals surface area (Å²) in [5, 5.41) is 0.270. The van der Waals surface area contributed by atoms with Crippen LogP contribution in [0.2, 0.25) is 10.0 Å². The Hall–Kier alpha value is -3.05. The van der Waals surface area contributed by atoms with Crippen LogP contribution in [-0.2, 0) is 32.2 Å². The number of ketones is 1. The highest BCUT2D eigenvalue weighted by Gasteiger charge is 2.32. The fourth-order valence-corrected chi connectivity index (χ4v) is 4.37. The first-order chi connectivity index (χ1) is 19.4. The first-order valence-corrected chi connectivity index (χ1v) is 12.9. The molecule has 0 aliphatic rings. The predicted molar refractivity (Wildman–Crippen MR) is 150 cm³/mol. The molecule has 9 nitrogen and oxygen atoms in total. The molecule has 0 amide bonds. The molecule has 3 aromatic carbocycles. The zero-order chi connectivity index (χ0) is 29.1. The molecule has 0 radical (unpaired) electrons. The van der Waals surface area contributed by atoms with Gasteiger partial charge in [0.15, 0.2) is 31.9 Å². The van der Waals surface area contributed by atoms with E-state index in [1.54, 1.807) is 19.1 Å². The third-order valence-electron chi connectivity index (χ3n) is 5.70. The summed E-state index contributed by atoms with van der Waals surface area (Å²) in [5.74, 6) is 0.189. The van der Waals surface area contributed by atoms with Gasteiger partial charge in [0.05, 0.1) is 35.9 Å². The summed E-state index contributed by atoms with van der Waals surface area (Å²) in [5.41, 5.74) is 2.06. The van der Waals surface area contributed by atoms with Gasteiger partial charge in [-0.3, -0.25) is 4.79 Å². The van der Waals surface area contributed by atoms with E-state index in [1.807, 2.05) is 30.3 Å². The number of carbonyl (C=O) groups excluding carboxylic acids is 1. The number of methoxy groups -OCH3 is 4. The van der Waals surface area contributed by atoms with Crippen molar-refractivity contribution in [3.05, 3.63) is 80.3 Å². The van der Waals surface area contributed by atoms with Crippen molar-refractivity contribution in [3.63, 3.8) is 0 Å². The normalized spacial score (nSPS) is 10.9. The summed E-state index contributed by atoms with van der Waals surface area (Å²) in [6, 6.07) is 12.9. The fourth-order valence-electron chi connectivity index (χ4n) is 3.84. The van der Waals surface area contributed by atoms with Gasteiger partial charge in [-0.05, 0) is 29.7 Å². The van der Waals surface area contributed by atoms with E-state index >= 15 is 0 Å². The molecule has 216 valence electrons. The second-order valence-electron chi connectivity index (χ2n) is 8.41. The number of halogens is 2. The lowest BCUT2D eigenvalue weighted by atomic mass is 9.94. The number of hydrogen-bond acceptors (Lipinski definition) is 9. The Morgan fingerprint density at radius 2 is 1.32 bits per heavy atom. The molecule has 0 aliphatic heterocycles. The number of hydrogen-bond donors (Lipinski definition) is 0. The summed E-state index contributed by atoms with van der Waals surface area (Å²) in [6.45, 7) is 1.67. The zero-order valence-corrected chi connectivity index (χ0v) is 24.5. The van der Waals surface area contributed by atoms with Gasteiger partial charge in [0.25, 0.3) is 0 Å². The molecule has 0 N–H and O–H groups in total. The van der Waals surface area contributed by atoms with Crippen LogP contribution in [0.1, 0.15) is 32.6 Å². The van der Waals surface area contributed by atoms with E-state index in [-0.39, 0.29) is 65.4 Å². The second kappa shape index (κ2) is 15.7. The molecule has 0 atom stereocenters. The van der Waals surface area contributed by atoms with Crippen molar-refractivity contribution in [1.29, 1.82) is 0 Å². The highest BCUT2D eigenvalue weighted by atomic mass is 35.5. The van der Waals surface area contributed by atoms with Crippen LogP contribution >= 0.6 is 23.2 Å². The molecule has 3 aromatic rings. The van der Waals surface area contributed by atoms with Crippen LogP contribution in [-0.4, -0.2) is 54.6 Å². The fraction of sp³-hybridized carbons (Fsp3) is 0.345. The Morgan fingerprint density at radius 1 is 0.750 bits per heavy atom. The van der Waals surface area contributed by atoms with Gasteiger partial charge < -0.3 is 37.9 Å². The molecule has 0 aliphatic carbocycles. The summed E-state index contributed by atoms with van der Waals surface area (Å²) >= 11 is 13.3. The minimum Gasteiger partial charge on any atom is -0.496 e. The van der Waals surface area contributed by atoms with Crippen molar-refractivity contribution < 1.29 is 42.7 Å². The van der Waals surface area contributed by atoms with Crippen LogP contribution in [0.4, 0.5) is 0 Å². The van der Waals surface area contributed by atoms with Crippen molar-refractivity contribution in [2.24, 2.45) is 0 Å². The van der Waals surface area contributed by atoms with E-state index < -0.39 is 5.78 Å². The molecule has 0 aromatic heterocycles. The topological polar surface area (TPSA) is 90.9 Å². The molecule has 3 rings (SSSR count). The number of carbonyl (C=O) groups is 1. The van der Waals surface area contributed by atoms with E-state index in [4.69, 9.17) is 61.1 Å². The first kappa shape index (κ1) is 31.5. The third-order valence-corrected chi connectivity index (χ3v) is 6.61. The molecule has 0 saturated carbocycles. The highest BCUT2D eigenvalue weighted by Crippen LogP contribution is 2.47. The molecule has 0 saturated heterocycles. The van der Waals surface area contributed by atoms with Crippen LogP contribution in [0.3, 0.4) is 0 Å². The molecule has 0 bridgehead atoms. The average molecular weight is 595 g/mol. The second-order valence-corrected chi connectivity index (χ2v) is 9.16. The van der Waals surface area contributed by atoms with Crippen molar-refractivity contribution in [1.82, 2.24) is 0 Å². The van der Waals surface area contributed by atoms with Crippen LogP contribution in [0.25, 0.3) is 0 Å². The van der Waals surface area contributed by atoms with Crippen LogP contribution in [0.15, 0.2) is 42.5 Å². The molecule has 40 heavy (non-hydrogen) atoms. The lowest BCUT2D eigenvalue weighted by Crippen LogP contribution is -2.16. The van der Waals surface area contributed by atoms with Gasteiger partial charge in [-0.2, -0.15) is 0 Å². The van der Waals surface area contributed by atoms with E-state index in [9.17, 15) is 4.79 Å². The monoisotopic (exact) mass is 594 g/mol. The molecule has 0 unspecified atom stereocenters. The van der Waals surface area contributed by atoms with Crippen molar-refractivity contribution in [2.75, 3.05) is 48.8 Å². The van der Waals surface area contributed by atoms with E-state index in [2.05, 4.69) is 0 Å². The standard InChI is InChI=1S/C29H32Cl2O9/c1-18-25(30)28(39-16-34-3)24(29(26(18)31)40-17-35-4)27(32)23-20(14-37-13-19-9-7-6-8-10-19)11-21(38-15-33-2)12-22(23)36-5/h6-12H,13-17H2,1-5H3. The smallest absolute Gasteiger partial charge is 0.204 e. The maximum Gasteiger partial charge on any atom is 0.204 e. The Balaban J connectivity index is 2.19. The Kier molecular flexibility index (Phi) is 12.3. The molecule has 0 spiro atoms. The minimum absolute atomic E-state index is 0.00600. The van der Waals surface area contributed by atoms with Gasteiger partial charge in [-0.25, -0.2) is 0 Å². The maximum absolute atomic E-state index is 14.4. The Labute approximate surface area is 243 Å². The number of benzene rings is 3. The summed E-state index contributed by atoms with van der Waals surface area (Å²) in [4.78, 5) is 14.4. The Bertz CT molecular complexity index is 1250. The molecule has 0 fully saturated rings. The van der Waals surface area contributed by atoms with Crippen LogP contribution in [0, 0.1) is 6.92 Å². The van der Waals surface area contributed by atoms with Crippen molar-refractivity contribution >= 4 is 29.0 Å². The first-order valence-electron chi connectivity index (χ1n) is 12.1. The largest absolute Gasteiger partial charge is 0.496 e. The Morgan fingerprint density at radius 3 is 1.88 bits per heavy atom. The van der Waals surface area contributed by atoms with Crippen LogP contribution in [0.5, 0.6) is 23.0 Å². The summed E-state index contributed by atoms with van der Waals surface area (Å²) in [6.07, 6.45) is 0. The maximum atomic E-state index is 14.4. The highest BCUT2D eigenvalue weighted by molar-refractivity contribution is 6.39. The molecular weight excluding hydrogens is 563 g/mol. The molecular formula is C29H32Cl2O9. The molecule has 11 heteroatoms. The third kappa shape index (κ3) is 7.57. The van der Waals surface area contributed by atoms with E-state index in [0.717, 1.165) is 5.56 Å². The van der Waals surface area contributed by atoms with Gasteiger partial charge in [-0.15, -0.1) is 0 Å². The minimum atomic E-state index is -0.533. The zero-order valence-electron chi connectivity index (χ0n) is 23.0. The van der Waals surface area contributed by atoms with Crippen LogP contribution < -0.4 is 18.9 Å². The van der Waals surface area contributed by atoms with Gasteiger partial charge in [-0.1, -0.05) is 53.5 Å². The predicted octanol–water partition coefficient (Wildman–Crippen LogP) is 6.21. The lowest BCUT2D eigenvalue weighted by Gasteiger charge is -2.22. The van der Waals surface area contributed by atoms with E-state index in [0.29, 0.717) is 23.5 Å². The van der Waals surface area contributed by atoms with Gasteiger partial charge >= 0.3 is 0 Å². The van der Waals surface area contributed by atoms with Crippen molar-refractivity contribution in [2.45, 2.75) is 20.1 Å². The summed E-state index contributed by atoms with van der Waals surface area (Å²) in [7, 11) is 5.85. The van der Waals surface area contributed by atoms with Gasteiger partial charge in [0.2, 0.25) is 5.78 Å². The number of rotatable bonds is 16. The average Bonchev–Trinajstić information content (AvgIpc) is 2.97. The van der Waals surface area contributed by atoms with Gasteiger partial charge in [0, 0.05) is 27.4 Å². The number of ether oxygens (including phenoxy) is 8.